The van der Waals surface area contributed by atoms with Crippen LogP contribution < -0.4 is 5.73 Å². The Labute approximate surface area is 102 Å². The molecule has 8 heteroatoms. The summed E-state index contributed by atoms with van der Waals surface area (Å²) < 4.78 is 49.3. The van der Waals surface area contributed by atoms with E-state index in [-0.39, 0.29) is 5.56 Å². The SMILES string of the molecule is CS(=O)(=O)c1ccc(C(N)CC(=O)O)c(F)c1F. The quantitative estimate of drug-likeness (QED) is 0.851. The first-order chi connectivity index (χ1) is 8.14. The van der Waals surface area contributed by atoms with Gasteiger partial charge in [0.05, 0.1) is 6.42 Å². The van der Waals surface area contributed by atoms with Crippen molar-refractivity contribution in [1.29, 1.82) is 0 Å². The molecule has 1 unspecified atom stereocenters. The highest BCUT2D eigenvalue weighted by Crippen LogP contribution is 2.25. The molecule has 0 saturated carbocycles. The minimum absolute atomic E-state index is 0.373. The third kappa shape index (κ3) is 3.02. The molecular weight excluding hydrogens is 268 g/mol. The third-order valence-corrected chi connectivity index (χ3v) is 3.38. The Hall–Kier alpha value is -1.54. The number of hydrogen-bond donors (Lipinski definition) is 2. The molecule has 0 bridgehead atoms. The van der Waals surface area contributed by atoms with Gasteiger partial charge >= 0.3 is 5.97 Å². The van der Waals surface area contributed by atoms with Gasteiger partial charge in [0.1, 0.15) is 4.90 Å². The van der Waals surface area contributed by atoms with Gasteiger partial charge in [-0.05, 0) is 6.07 Å². The second kappa shape index (κ2) is 4.99. The maximum atomic E-state index is 13.6. The number of nitrogens with two attached hydrogens (primary N) is 1. The molecular formula is C10H11F2NO4S. The molecule has 0 spiro atoms. The van der Waals surface area contributed by atoms with Gasteiger partial charge < -0.3 is 10.8 Å². The van der Waals surface area contributed by atoms with Crippen LogP contribution in [0.1, 0.15) is 18.0 Å². The van der Waals surface area contributed by atoms with Crippen LogP contribution in [0.2, 0.25) is 0 Å². The van der Waals surface area contributed by atoms with E-state index in [1.54, 1.807) is 0 Å². The van der Waals surface area contributed by atoms with Crippen molar-refractivity contribution in [2.45, 2.75) is 17.4 Å². The molecule has 0 saturated heterocycles. The first-order valence-corrected chi connectivity index (χ1v) is 6.69. The average molecular weight is 279 g/mol. The zero-order valence-electron chi connectivity index (χ0n) is 9.35. The molecule has 0 aromatic heterocycles. The Morgan fingerprint density at radius 2 is 1.94 bits per heavy atom. The van der Waals surface area contributed by atoms with Gasteiger partial charge in [-0.2, -0.15) is 0 Å². The highest BCUT2D eigenvalue weighted by molar-refractivity contribution is 7.90. The summed E-state index contributed by atoms with van der Waals surface area (Å²) in [6.45, 7) is 0. The molecule has 1 rings (SSSR count). The Morgan fingerprint density at radius 3 is 2.39 bits per heavy atom. The van der Waals surface area contributed by atoms with Gasteiger partial charge in [-0.25, -0.2) is 17.2 Å². The van der Waals surface area contributed by atoms with Crippen molar-refractivity contribution < 1.29 is 27.1 Å². The lowest BCUT2D eigenvalue weighted by Gasteiger charge is -2.12. The topological polar surface area (TPSA) is 97.5 Å². The number of aliphatic carboxylic acids is 1. The highest BCUT2D eigenvalue weighted by Gasteiger charge is 2.23. The Kier molecular flexibility index (Phi) is 4.02. The predicted molar refractivity (Wildman–Crippen MR) is 58.6 cm³/mol. The number of carboxylic acid groups (broad SMARTS) is 1. The van der Waals surface area contributed by atoms with Crippen LogP contribution in [0.4, 0.5) is 8.78 Å². The van der Waals surface area contributed by atoms with Gasteiger partial charge in [-0.15, -0.1) is 0 Å². The number of rotatable bonds is 4. The number of sulfone groups is 1. The minimum atomic E-state index is -3.89. The molecule has 0 amide bonds. The van der Waals surface area contributed by atoms with Crippen molar-refractivity contribution >= 4 is 15.8 Å². The van der Waals surface area contributed by atoms with Crippen LogP contribution in [0.3, 0.4) is 0 Å². The Balaban J connectivity index is 3.28. The molecule has 0 radical (unpaired) electrons. The Morgan fingerprint density at radius 1 is 1.39 bits per heavy atom. The number of halogens is 2. The fraction of sp³-hybridized carbons (Fsp3) is 0.300. The third-order valence-electron chi connectivity index (χ3n) is 2.27. The van der Waals surface area contributed by atoms with E-state index in [0.717, 1.165) is 18.4 Å². The first-order valence-electron chi connectivity index (χ1n) is 4.80. The first kappa shape index (κ1) is 14.5. The van der Waals surface area contributed by atoms with Crippen molar-refractivity contribution in [3.05, 3.63) is 29.3 Å². The van der Waals surface area contributed by atoms with Crippen LogP contribution in [-0.2, 0) is 14.6 Å². The maximum Gasteiger partial charge on any atom is 0.305 e. The molecule has 5 nitrogen and oxygen atoms in total. The molecule has 0 aliphatic heterocycles. The van der Waals surface area contributed by atoms with Crippen molar-refractivity contribution in [2.75, 3.05) is 6.26 Å². The number of carbonyl (C=O) groups is 1. The number of benzene rings is 1. The zero-order valence-corrected chi connectivity index (χ0v) is 10.2. The fourth-order valence-corrected chi connectivity index (χ4v) is 2.15. The highest BCUT2D eigenvalue weighted by atomic mass is 32.2. The summed E-state index contributed by atoms with van der Waals surface area (Å²) >= 11 is 0. The van der Waals surface area contributed by atoms with Crippen molar-refractivity contribution in [1.82, 2.24) is 0 Å². The summed E-state index contributed by atoms with van der Waals surface area (Å²) in [5.74, 6) is -4.25. The van der Waals surface area contributed by atoms with Crippen LogP contribution in [0.5, 0.6) is 0 Å². The smallest absolute Gasteiger partial charge is 0.305 e. The fourth-order valence-electron chi connectivity index (χ4n) is 1.42. The second-order valence-electron chi connectivity index (χ2n) is 3.76. The lowest BCUT2D eigenvalue weighted by molar-refractivity contribution is -0.137. The normalized spacial score (nSPS) is 13.3. The van der Waals surface area contributed by atoms with E-state index in [4.69, 9.17) is 10.8 Å². The van der Waals surface area contributed by atoms with Gasteiger partial charge in [0.15, 0.2) is 21.5 Å². The van der Waals surface area contributed by atoms with Crippen LogP contribution in [0.15, 0.2) is 17.0 Å². The van der Waals surface area contributed by atoms with E-state index in [1.165, 1.54) is 0 Å². The summed E-state index contributed by atoms with van der Waals surface area (Å²) in [5.41, 5.74) is 5.01. The van der Waals surface area contributed by atoms with E-state index in [2.05, 4.69) is 0 Å². The summed E-state index contributed by atoms with van der Waals surface area (Å²) in [6, 6.07) is 0.596. The van der Waals surface area contributed by atoms with Gasteiger partial charge in [0, 0.05) is 17.9 Å². The lowest BCUT2D eigenvalue weighted by atomic mass is 10.0. The molecule has 0 fully saturated rings. The van der Waals surface area contributed by atoms with E-state index in [1.807, 2.05) is 0 Å². The van der Waals surface area contributed by atoms with Crippen molar-refractivity contribution in [3.63, 3.8) is 0 Å². The van der Waals surface area contributed by atoms with Gasteiger partial charge in [0.25, 0.3) is 0 Å². The average Bonchev–Trinajstić information content (AvgIpc) is 2.18. The summed E-state index contributed by atoms with van der Waals surface area (Å²) in [5, 5.41) is 8.50. The molecule has 0 aliphatic carbocycles. The van der Waals surface area contributed by atoms with Crippen LogP contribution in [0.25, 0.3) is 0 Å². The van der Waals surface area contributed by atoms with Crippen molar-refractivity contribution in [3.8, 4) is 0 Å². The molecule has 0 heterocycles. The van der Waals surface area contributed by atoms with Crippen molar-refractivity contribution in [2.24, 2.45) is 5.73 Å². The number of hydrogen-bond acceptors (Lipinski definition) is 4. The number of carboxylic acids is 1. The van der Waals surface area contributed by atoms with E-state index in [9.17, 15) is 22.0 Å². The molecule has 18 heavy (non-hydrogen) atoms. The molecule has 100 valence electrons. The summed E-state index contributed by atoms with van der Waals surface area (Å²) in [4.78, 5) is 9.63. The zero-order chi connectivity index (χ0) is 14.1. The van der Waals surface area contributed by atoms with Gasteiger partial charge in [0.2, 0.25) is 0 Å². The second-order valence-corrected chi connectivity index (χ2v) is 5.74. The van der Waals surface area contributed by atoms with Gasteiger partial charge in [-0.3, -0.25) is 4.79 Å². The Bertz CT molecular complexity index is 586. The lowest BCUT2D eigenvalue weighted by Crippen LogP contribution is -2.18. The van der Waals surface area contributed by atoms with Gasteiger partial charge in [-0.1, -0.05) is 6.07 Å². The van der Waals surface area contributed by atoms with E-state index < -0.39 is 44.8 Å². The maximum absolute atomic E-state index is 13.6. The standard InChI is InChI=1S/C10H11F2NO4S/c1-18(16,17)7-3-2-5(9(11)10(7)12)6(13)4-8(14)15/h2-3,6H,4,13H2,1H3,(H,14,15). The van der Waals surface area contributed by atoms with Crippen LogP contribution in [-0.4, -0.2) is 25.7 Å². The van der Waals surface area contributed by atoms with Crippen LogP contribution >= 0.6 is 0 Å². The summed E-state index contributed by atoms with van der Waals surface area (Å²) in [7, 11) is -3.89. The van der Waals surface area contributed by atoms with E-state index >= 15 is 0 Å². The van der Waals surface area contributed by atoms with Crippen LogP contribution in [0, 0.1) is 11.6 Å². The van der Waals surface area contributed by atoms with E-state index in [0.29, 0.717) is 0 Å². The predicted octanol–water partition coefficient (Wildman–Crippen LogP) is 0.843. The summed E-state index contributed by atoms with van der Waals surface area (Å²) in [6.07, 6.45) is 0.149. The minimum Gasteiger partial charge on any atom is -0.481 e. The molecule has 1 aromatic rings. The molecule has 3 N–H and O–H groups in total. The largest absolute Gasteiger partial charge is 0.481 e. The monoisotopic (exact) mass is 279 g/mol. The molecule has 1 aromatic carbocycles. The molecule has 1 atom stereocenters. The molecule has 0 aliphatic rings.